The smallest absolute Gasteiger partial charge is 0.125 e. The van der Waals surface area contributed by atoms with E-state index in [9.17, 15) is 0 Å². The van der Waals surface area contributed by atoms with Crippen LogP contribution in [0.15, 0.2) is 18.2 Å². The molecule has 2 aromatic rings. The van der Waals surface area contributed by atoms with Crippen LogP contribution in [-0.4, -0.2) is 23.3 Å². The zero-order valence-corrected chi connectivity index (χ0v) is 12.7. The molecule has 0 N–H and O–H groups in total. The van der Waals surface area contributed by atoms with Crippen LogP contribution >= 0.6 is 11.6 Å². The number of hydrogen-bond acceptors (Lipinski definition) is 2. The highest BCUT2D eigenvalue weighted by atomic mass is 35.5. The van der Waals surface area contributed by atoms with Gasteiger partial charge in [-0.1, -0.05) is 26.0 Å². The summed E-state index contributed by atoms with van der Waals surface area (Å²) in [6.45, 7) is 7.18. The van der Waals surface area contributed by atoms with Crippen molar-refractivity contribution in [1.82, 2.24) is 9.55 Å². The molecule has 3 nitrogen and oxygen atoms in total. The number of aryl methyl sites for hydroxylation is 1. The molecule has 0 spiro atoms. The number of nitrogens with zero attached hydrogens (tertiary/aromatic N) is 2. The fourth-order valence-corrected chi connectivity index (χ4v) is 2.74. The average Bonchev–Trinajstić information content (AvgIpc) is 2.75. The van der Waals surface area contributed by atoms with Crippen molar-refractivity contribution in [2.75, 3.05) is 13.7 Å². The van der Waals surface area contributed by atoms with Crippen molar-refractivity contribution < 1.29 is 4.74 Å². The SMILES string of the molecule is COCC(C(C)C)n1c(CCl)nc2cccc(C)c21. The Hall–Kier alpha value is -1.06. The molecule has 0 amide bonds. The van der Waals surface area contributed by atoms with E-state index in [1.807, 2.05) is 12.1 Å². The molecule has 4 heteroatoms. The lowest BCUT2D eigenvalue weighted by atomic mass is 10.0. The van der Waals surface area contributed by atoms with Crippen molar-refractivity contribution >= 4 is 22.6 Å². The highest BCUT2D eigenvalue weighted by molar-refractivity contribution is 6.16. The van der Waals surface area contributed by atoms with E-state index in [0.29, 0.717) is 18.4 Å². The topological polar surface area (TPSA) is 27.1 Å². The third kappa shape index (κ3) is 2.63. The predicted octanol–water partition coefficient (Wildman–Crippen LogP) is 3.93. The van der Waals surface area contributed by atoms with Gasteiger partial charge in [-0.05, 0) is 24.5 Å². The number of methoxy groups -OCH3 is 1. The van der Waals surface area contributed by atoms with Crippen molar-refractivity contribution in [3.63, 3.8) is 0 Å². The third-order valence-corrected chi connectivity index (χ3v) is 3.78. The molecule has 1 aromatic heterocycles. The van der Waals surface area contributed by atoms with Gasteiger partial charge in [0.05, 0.1) is 29.6 Å². The second-order valence-electron chi connectivity index (χ2n) is 5.24. The quantitative estimate of drug-likeness (QED) is 0.776. The lowest BCUT2D eigenvalue weighted by Crippen LogP contribution is -2.22. The first-order valence-electron chi connectivity index (χ1n) is 6.61. The van der Waals surface area contributed by atoms with Crippen LogP contribution in [0.1, 0.15) is 31.3 Å². The summed E-state index contributed by atoms with van der Waals surface area (Å²) >= 11 is 6.08. The molecular weight excluding hydrogens is 260 g/mol. The number of para-hydroxylation sites is 1. The van der Waals surface area contributed by atoms with E-state index in [4.69, 9.17) is 16.3 Å². The standard InChI is InChI=1S/C15H21ClN2O/c1-10(2)13(9-19-4)18-14(8-16)17-12-7-5-6-11(3)15(12)18/h5-7,10,13H,8-9H2,1-4H3. The minimum Gasteiger partial charge on any atom is -0.383 e. The normalized spacial score (nSPS) is 13.4. The maximum atomic E-state index is 6.08. The molecule has 1 atom stereocenters. The van der Waals surface area contributed by atoms with Crippen LogP contribution in [0, 0.1) is 12.8 Å². The molecule has 19 heavy (non-hydrogen) atoms. The molecular formula is C15H21ClN2O. The van der Waals surface area contributed by atoms with Gasteiger partial charge in [0, 0.05) is 7.11 Å². The molecule has 1 unspecified atom stereocenters. The molecule has 0 bridgehead atoms. The Morgan fingerprint density at radius 3 is 2.68 bits per heavy atom. The van der Waals surface area contributed by atoms with E-state index in [2.05, 4.69) is 36.4 Å². The molecule has 0 saturated heterocycles. The first-order chi connectivity index (χ1) is 9.10. The second-order valence-corrected chi connectivity index (χ2v) is 5.51. The largest absolute Gasteiger partial charge is 0.383 e. The summed E-state index contributed by atoms with van der Waals surface area (Å²) < 4.78 is 7.64. The highest BCUT2D eigenvalue weighted by Crippen LogP contribution is 2.29. The van der Waals surface area contributed by atoms with E-state index < -0.39 is 0 Å². The van der Waals surface area contributed by atoms with Crippen LogP contribution in [0.3, 0.4) is 0 Å². The van der Waals surface area contributed by atoms with E-state index >= 15 is 0 Å². The molecule has 104 valence electrons. The molecule has 0 aliphatic carbocycles. The Balaban J connectivity index is 2.67. The van der Waals surface area contributed by atoms with Crippen LogP contribution < -0.4 is 0 Å². The Labute approximate surface area is 119 Å². The third-order valence-electron chi connectivity index (χ3n) is 3.54. The van der Waals surface area contributed by atoms with Gasteiger partial charge in [0.1, 0.15) is 5.82 Å². The molecule has 0 saturated carbocycles. The van der Waals surface area contributed by atoms with E-state index in [1.165, 1.54) is 11.1 Å². The summed E-state index contributed by atoms with van der Waals surface area (Å²) in [4.78, 5) is 4.65. The number of alkyl halides is 1. The average molecular weight is 281 g/mol. The number of benzene rings is 1. The maximum absolute atomic E-state index is 6.08. The number of rotatable bonds is 5. The Morgan fingerprint density at radius 2 is 2.11 bits per heavy atom. The van der Waals surface area contributed by atoms with Gasteiger partial charge in [-0.3, -0.25) is 0 Å². The molecule has 0 fully saturated rings. The first kappa shape index (κ1) is 14.4. The van der Waals surface area contributed by atoms with E-state index in [-0.39, 0.29) is 6.04 Å². The number of imidazole rings is 1. The molecule has 0 radical (unpaired) electrons. The summed E-state index contributed by atoms with van der Waals surface area (Å²) in [5.74, 6) is 1.79. The van der Waals surface area contributed by atoms with Crippen molar-refractivity contribution in [3.8, 4) is 0 Å². The highest BCUT2D eigenvalue weighted by Gasteiger charge is 2.22. The number of fused-ring (bicyclic) bond motifs is 1. The van der Waals surface area contributed by atoms with Gasteiger partial charge in [0.25, 0.3) is 0 Å². The van der Waals surface area contributed by atoms with Crippen molar-refractivity contribution in [1.29, 1.82) is 0 Å². The lowest BCUT2D eigenvalue weighted by Gasteiger charge is -2.24. The van der Waals surface area contributed by atoms with E-state index in [1.54, 1.807) is 7.11 Å². The molecule has 2 rings (SSSR count). The zero-order valence-electron chi connectivity index (χ0n) is 12.0. The van der Waals surface area contributed by atoms with Crippen LogP contribution in [-0.2, 0) is 10.6 Å². The fourth-order valence-electron chi connectivity index (χ4n) is 2.56. The predicted molar refractivity (Wildman–Crippen MR) is 79.8 cm³/mol. The number of aromatic nitrogens is 2. The molecule has 1 heterocycles. The maximum Gasteiger partial charge on any atom is 0.125 e. The van der Waals surface area contributed by atoms with Crippen LogP contribution in [0.5, 0.6) is 0 Å². The number of halogens is 1. The molecule has 0 aliphatic heterocycles. The van der Waals surface area contributed by atoms with Crippen molar-refractivity contribution in [2.45, 2.75) is 32.7 Å². The summed E-state index contributed by atoms with van der Waals surface area (Å²) in [5.41, 5.74) is 3.41. The summed E-state index contributed by atoms with van der Waals surface area (Å²) in [7, 11) is 1.74. The Morgan fingerprint density at radius 1 is 1.37 bits per heavy atom. The van der Waals surface area contributed by atoms with Gasteiger partial charge >= 0.3 is 0 Å². The summed E-state index contributed by atoms with van der Waals surface area (Å²) in [6.07, 6.45) is 0. The van der Waals surface area contributed by atoms with Gasteiger partial charge in [-0.2, -0.15) is 0 Å². The van der Waals surface area contributed by atoms with Gasteiger partial charge < -0.3 is 9.30 Å². The minimum absolute atomic E-state index is 0.254. The number of ether oxygens (including phenoxy) is 1. The minimum atomic E-state index is 0.254. The Bertz CT molecular complexity index is 563. The van der Waals surface area contributed by atoms with Gasteiger partial charge in [0.15, 0.2) is 0 Å². The lowest BCUT2D eigenvalue weighted by molar-refractivity contribution is 0.134. The summed E-state index contributed by atoms with van der Waals surface area (Å²) in [6, 6.07) is 6.44. The molecule has 0 aliphatic rings. The van der Waals surface area contributed by atoms with Gasteiger partial charge in [-0.25, -0.2) is 4.98 Å². The van der Waals surface area contributed by atoms with Crippen molar-refractivity contribution in [3.05, 3.63) is 29.6 Å². The monoisotopic (exact) mass is 280 g/mol. The number of hydrogen-bond donors (Lipinski definition) is 0. The van der Waals surface area contributed by atoms with Crippen LogP contribution in [0.4, 0.5) is 0 Å². The summed E-state index contributed by atoms with van der Waals surface area (Å²) in [5, 5.41) is 0. The van der Waals surface area contributed by atoms with Crippen LogP contribution in [0.25, 0.3) is 11.0 Å². The molecule has 1 aromatic carbocycles. The van der Waals surface area contributed by atoms with Gasteiger partial charge in [-0.15, -0.1) is 11.6 Å². The van der Waals surface area contributed by atoms with Gasteiger partial charge in [0.2, 0.25) is 0 Å². The van der Waals surface area contributed by atoms with Crippen molar-refractivity contribution in [2.24, 2.45) is 5.92 Å². The first-order valence-corrected chi connectivity index (χ1v) is 7.15. The van der Waals surface area contributed by atoms with Crippen LogP contribution in [0.2, 0.25) is 0 Å². The van der Waals surface area contributed by atoms with E-state index in [0.717, 1.165) is 11.3 Å². The zero-order chi connectivity index (χ0) is 14.0. The Kier molecular flexibility index (Phi) is 4.48. The second kappa shape index (κ2) is 5.93. The fraction of sp³-hybridized carbons (Fsp3) is 0.533.